The van der Waals surface area contributed by atoms with Crippen LogP contribution in [0, 0.1) is 6.92 Å². The molecular weight excluding hydrogens is 332 g/mol. The summed E-state index contributed by atoms with van der Waals surface area (Å²) in [5, 5.41) is 4.74. The molecule has 2 aromatic heterocycles. The number of benzene rings is 1. The van der Waals surface area contributed by atoms with Crippen molar-refractivity contribution in [3.8, 4) is 0 Å². The molecule has 26 heavy (non-hydrogen) atoms. The maximum absolute atomic E-state index is 12.8. The summed E-state index contributed by atoms with van der Waals surface area (Å²) >= 11 is 0. The van der Waals surface area contributed by atoms with E-state index in [0.29, 0.717) is 48.8 Å². The highest BCUT2D eigenvalue weighted by atomic mass is 16.5. The maximum atomic E-state index is 12.8. The van der Waals surface area contributed by atoms with Gasteiger partial charge in [-0.15, -0.1) is 0 Å². The molecule has 3 rings (SSSR count). The third kappa shape index (κ3) is 4.18. The Balaban J connectivity index is 1.87. The lowest BCUT2D eigenvalue weighted by Crippen LogP contribution is -2.25. The van der Waals surface area contributed by atoms with Crippen LogP contribution in [0.1, 0.15) is 24.9 Å². The monoisotopic (exact) mass is 354 g/mol. The van der Waals surface area contributed by atoms with Gasteiger partial charge in [0.05, 0.1) is 17.1 Å². The molecule has 0 atom stereocenters. The lowest BCUT2D eigenvalue weighted by atomic mass is 10.2. The second-order valence-electron chi connectivity index (χ2n) is 5.78. The minimum atomic E-state index is -0.0985. The molecule has 0 spiro atoms. The molecular formula is C19H22N4O3. The Bertz CT molecular complexity index is 959. The smallest absolute Gasteiger partial charge is 0.262 e. The normalized spacial score (nSPS) is 11.5. The molecule has 0 radical (unpaired) electrons. The van der Waals surface area contributed by atoms with E-state index in [2.05, 4.69) is 15.5 Å². The van der Waals surface area contributed by atoms with Crippen LogP contribution in [0.4, 0.5) is 5.95 Å². The van der Waals surface area contributed by atoms with Crippen LogP contribution in [-0.2, 0) is 11.3 Å². The first-order valence-electron chi connectivity index (χ1n) is 8.62. The van der Waals surface area contributed by atoms with Crippen LogP contribution in [0.5, 0.6) is 0 Å². The van der Waals surface area contributed by atoms with E-state index in [-0.39, 0.29) is 5.56 Å². The van der Waals surface area contributed by atoms with Crippen molar-refractivity contribution in [3.05, 3.63) is 58.3 Å². The molecule has 7 heteroatoms. The Morgan fingerprint density at radius 3 is 2.92 bits per heavy atom. The van der Waals surface area contributed by atoms with E-state index in [1.807, 2.05) is 44.2 Å². The molecule has 136 valence electrons. The zero-order valence-corrected chi connectivity index (χ0v) is 14.9. The first kappa shape index (κ1) is 17.9. The van der Waals surface area contributed by atoms with Crippen LogP contribution in [0.25, 0.3) is 10.9 Å². The van der Waals surface area contributed by atoms with Crippen LogP contribution >= 0.6 is 0 Å². The Kier molecular flexibility index (Phi) is 5.80. The van der Waals surface area contributed by atoms with Crippen LogP contribution < -0.4 is 11.0 Å². The number of hydrazone groups is 1. The number of anilines is 1. The molecule has 0 saturated heterocycles. The van der Waals surface area contributed by atoms with E-state index >= 15 is 0 Å². The van der Waals surface area contributed by atoms with Crippen molar-refractivity contribution in [3.63, 3.8) is 0 Å². The number of para-hydroxylation sites is 1. The van der Waals surface area contributed by atoms with Gasteiger partial charge in [-0.25, -0.2) is 10.4 Å². The lowest BCUT2D eigenvalue weighted by molar-refractivity contribution is 0.141. The third-order valence-electron chi connectivity index (χ3n) is 3.85. The van der Waals surface area contributed by atoms with Gasteiger partial charge in [0.1, 0.15) is 11.5 Å². The van der Waals surface area contributed by atoms with Crippen LogP contribution in [0.3, 0.4) is 0 Å². The number of aromatic nitrogens is 2. The van der Waals surface area contributed by atoms with Crippen molar-refractivity contribution < 1.29 is 9.15 Å². The summed E-state index contributed by atoms with van der Waals surface area (Å²) < 4.78 is 12.4. The number of hydrogen-bond acceptors (Lipinski definition) is 6. The predicted molar refractivity (Wildman–Crippen MR) is 102 cm³/mol. The van der Waals surface area contributed by atoms with Crippen LogP contribution in [0.15, 0.2) is 50.7 Å². The zero-order chi connectivity index (χ0) is 18.4. The Labute approximate surface area is 151 Å². The summed E-state index contributed by atoms with van der Waals surface area (Å²) in [5.74, 6) is 1.83. The van der Waals surface area contributed by atoms with E-state index in [1.165, 1.54) is 0 Å². The second-order valence-corrected chi connectivity index (χ2v) is 5.78. The number of furan rings is 1. The number of rotatable bonds is 8. The average Bonchev–Trinajstić information content (AvgIpc) is 3.06. The maximum Gasteiger partial charge on any atom is 0.262 e. The molecule has 7 nitrogen and oxygen atoms in total. The fraction of sp³-hybridized carbons (Fsp3) is 0.316. The van der Waals surface area contributed by atoms with Gasteiger partial charge in [-0.05, 0) is 44.5 Å². The summed E-state index contributed by atoms with van der Waals surface area (Å²) in [4.78, 5) is 17.4. The molecule has 0 saturated carbocycles. The molecule has 0 aliphatic rings. The van der Waals surface area contributed by atoms with E-state index in [4.69, 9.17) is 9.15 Å². The molecule has 0 bridgehead atoms. The van der Waals surface area contributed by atoms with Gasteiger partial charge in [0.25, 0.3) is 5.56 Å². The van der Waals surface area contributed by atoms with E-state index in [1.54, 1.807) is 16.8 Å². The van der Waals surface area contributed by atoms with Gasteiger partial charge in [0.15, 0.2) is 0 Å². The summed E-state index contributed by atoms with van der Waals surface area (Å²) in [7, 11) is 0. The Morgan fingerprint density at radius 2 is 2.15 bits per heavy atom. The van der Waals surface area contributed by atoms with E-state index in [0.717, 1.165) is 5.76 Å². The minimum Gasteiger partial charge on any atom is -0.460 e. The highest BCUT2D eigenvalue weighted by molar-refractivity contribution is 5.79. The standard InChI is InChI=1S/C19H22N4O3/c1-3-25-12-6-11-23-18(24)16-7-4-5-8-17(16)21-19(23)22-20-13-15-10-9-14(2)26-15/h4-5,7-10,13H,3,6,11-12H2,1-2H3,(H,21,22)/b20-13-. The quantitative estimate of drug-likeness (QED) is 0.382. The summed E-state index contributed by atoms with van der Waals surface area (Å²) in [5.41, 5.74) is 3.40. The Morgan fingerprint density at radius 1 is 1.31 bits per heavy atom. The van der Waals surface area contributed by atoms with Crippen molar-refractivity contribution >= 4 is 23.1 Å². The minimum absolute atomic E-state index is 0.0985. The molecule has 0 fully saturated rings. The average molecular weight is 354 g/mol. The molecule has 0 aliphatic carbocycles. The van der Waals surface area contributed by atoms with Gasteiger partial charge in [-0.2, -0.15) is 5.10 Å². The topological polar surface area (TPSA) is 81.7 Å². The number of fused-ring (bicyclic) bond motifs is 1. The highest BCUT2D eigenvalue weighted by Crippen LogP contribution is 2.12. The van der Waals surface area contributed by atoms with Gasteiger partial charge < -0.3 is 9.15 Å². The Hall–Kier alpha value is -2.93. The van der Waals surface area contributed by atoms with Gasteiger partial charge >= 0.3 is 0 Å². The van der Waals surface area contributed by atoms with Gasteiger partial charge in [-0.1, -0.05) is 12.1 Å². The van der Waals surface area contributed by atoms with Crippen molar-refractivity contribution in [2.75, 3.05) is 18.6 Å². The fourth-order valence-corrected chi connectivity index (χ4v) is 2.61. The van der Waals surface area contributed by atoms with Crippen LogP contribution in [-0.4, -0.2) is 29.0 Å². The summed E-state index contributed by atoms with van der Waals surface area (Å²) in [6.45, 7) is 5.55. The lowest BCUT2D eigenvalue weighted by Gasteiger charge is -2.12. The first-order valence-corrected chi connectivity index (χ1v) is 8.62. The summed E-state index contributed by atoms with van der Waals surface area (Å²) in [6.07, 6.45) is 2.27. The fourth-order valence-electron chi connectivity index (χ4n) is 2.61. The molecule has 0 unspecified atom stereocenters. The van der Waals surface area contributed by atoms with Gasteiger partial charge in [0.2, 0.25) is 5.95 Å². The number of nitrogens with one attached hydrogen (secondary N) is 1. The molecule has 1 N–H and O–H groups in total. The largest absolute Gasteiger partial charge is 0.460 e. The molecule has 2 heterocycles. The van der Waals surface area contributed by atoms with Crippen molar-refractivity contribution in [1.82, 2.24) is 9.55 Å². The number of aryl methyl sites for hydroxylation is 1. The van der Waals surface area contributed by atoms with E-state index < -0.39 is 0 Å². The highest BCUT2D eigenvalue weighted by Gasteiger charge is 2.10. The van der Waals surface area contributed by atoms with Crippen molar-refractivity contribution in [2.45, 2.75) is 26.8 Å². The molecule has 3 aromatic rings. The summed E-state index contributed by atoms with van der Waals surface area (Å²) in [6, 6.07) is 11.0. The van der Waals surface area contributed by atoms with Crippen molar-refractivity contribution in [1.29, 1.82) is 0 Å². The van der Waals surface area contributed by atoms with Gasteiger partial charge in [-0.3, -0.25) is 9.36 Å². The number of nitrogens with zero attached hydrogens (tertiary/aromatic N) is 3. The third-order valence-corrected chi connectivity index (χ3v) is 3.85. The zero-order valence-electron chi connectivity index (χ0n) is 14.9. The van der Waals surface area contributed by atoms with Crippen LogP contribution in [0.2, 0.25) is 0 Å². The van der Waals surface area contributed by atoms with E-state index in [9.17, 15) is 4.79 Å². The first-order chi connectivity index (χ1) is 12.7. The number of ether oxygens (including phenoxy) is 1. The van der Waals surface area contributed by atoms with Gasteiger partial charge in [0, 0.05) is 19.8 Å². The van der Waals surface area contributed by atoms with Crippen molar-refractivity contribution in [2.24, 2.45) is 5.10 Å². The predicted octanol–water partition coefficient (Wildman–Crippen LogP) is 3.17. The second kappa shape index (κ2) is 8.44. The molecule has 0 amide bonds. The SMILES string of the molecule is CCOCCCn1c(N/N=C\c2ccc(C)o2)nc2ccccc2c1=O. The molecule has 0 aliphatic heterocycles. The number of hydrogen-bond donors (Lipinski definition) is 1. The molecule has 1 aromatic carbocycles.